The lowest BCUT2D eigenvalue weighted by molar-refractivity contribution is 0.197. The van der Waals surface area contributed by atoms with Crippen LogP contribution in [0.3, 0.4) is 0 Å². The molecule has 0 fully saturated rings. The highest BCUT2D eigenvalue weighted by Gasteiger charge is 2.07. The third-order valence-electron chi connectivity index (χ3n) is 2.75. The number of aliphatic hydroxyl groups is 1. The zero-order valence-corrected chi connectivity index (χ0v) is 11.3. The van der Waals surface area contributed by atoms with Crippen LogP contribution in [0.5, 0.6) is 5.75 Å². The van der Waals surface area contributed by atoms with Gasteiger partial charge in [0.1, 0.15) is 5.75 Å². The SMILES string of the molecule is CC(C)CC(C)COc1cccc(C(C)O)c1. The molecule has 0 saturated heterocycles. The molecular formula is C15H24O2. The normalized spacial score (nSPS) is 14.7. The first-order chi connectivity index (χ1) is 7.99. The van der Waals surface area contributed by atoms with Gasteiger partial charge in [-0.05, 0) is 42.9 Å². The fourth-order valence-electron chi connectivity index (χ4n) is 1.98. The molecule has 2 nitrogen and oxygen atoms in total. The second-order valence-electron chi connectivity index (χ2n) is 5.29. The zero-order valence-electron chi connectivity index (χ0n) is 11.3. The van der Waals surface area contributed by atoms with E-state index in [1.807, 2.05) is 24.3 Å². The van der Waals surface area contributed by atoms with Crippen LogP contribution in [0.15, 0.2) is 24.3 Å². The summed E-state index contributed by atoms with van der Waals surface area (Å²) in [4.78, 5) is 0. The Morgan fingerprint density at radius 1 is 1.18 bits per heavy atom. The molecule has 17 heavy (non-hydrogen) atoms. The van der Waals surface area contributed by atoms with Gasteiger partial charge in [-0.2, -0.15) is 0 Å². The third kappa shape index (κ3) is 5.22. The summed E-state index contributed by atoms with van der Waals surface area (Å²) in [5, 5.41) is 9.49. The topological polar surface area (TPSA) is 29.5 Å². The van der Waals surface area contributed by atoms with E-state index in [0.29, 0.717) is 11.8 Å². The number of rotatable bonds is 6. The number of hydrogen-bond donors (Lipinski definition) is 1. The molecule has 2 unspecified atom stereocenters. The van der Waals surface area contributed by atoms with Gasteiger partial charge in [0.25, 0.3) is 0 Å². The fraction of sp³-hybridized carbons (Fsp3) is 0.600. The van der Waals surface area contributed by atoms with E-state index in [-0.39, 0.29) is 0 Å². The summed E-state index contributed by atoms with van der Waals surface area (Å²) in [6, 6.07) is 7.68. The highest BCUT2D eigenvalue weighted by molar-refractivity contribution is 5.29. The van der Waals surface area contributed by atoms with Crippen LogP contribution in [0.2, 0.25) is 0 Å². The summed E-state index contributed by atoms with van der Waals surface area (Å²) in [5.74, 6) is 2.11. The van der Waals surface area contributed by atoms with E-state index in [1.165, 1.54) is 6.42 Å². The van der Waals surface area contributed by atoms with Crippen molar-refractivity contribution >= 4 is 0 Å². The average Bonchev–Trinajstić information content (AvgIpc) is 2.26. The molecular weight excluding hydrogens is 212 g/mol. The van der Waals surface area contributed by atoms with E-state index in [4.69, 9.17) is 4.74 Å². The Hall–Kier alpha value is -1.02. The Bertz CT molecular complexity index is 331. The molecule has 96 valence electrons. The first-order valence-electron chi connectivity index (χ1n) is 6.40. The van der Waals surface area contributed by atoms with Crippen molar-refractivity contribution in [3.63, 3.8) is 0 Å². The van der Waals surface area contributed by atoms with E-state index >= 15 is 0 Å². The Morgan fingerprint density at radius 2 is 1.88 bits per heavy atom. The third-order valence-corrected chi connectivity index (χ3v) is 2.75. The molecule has 0 radical (unpaired) electrons. The number of hydrogen-bond acceptors (Lipinski definition) is 2. The van der Waals surface area contributed by atoms with Crippen molar-refractivity contribution in [2.75, 3.05) is 6.61 Å². The summed E-state index contributed by atoms with van der Waals surface area (Å²) in [7, 11) is 0. The largest absolute Gasteiger partial charge is 0.493 e. The molecule has 2 heteroatoms. The smallest absolute Gasteiger partial charge is 0.119 e. The van der Waals surface area contributed by atoms with Gasteiger partial charge < -0.3 is 9.84 Å². The molecule has 1 N–H and O–H groups in total. The van der Waals surface area contributed by atoms with Crippen molar-refractivity contribution < 1.29 is 9.84 Å². The molecule has 0 aliphatic rings. The van der Waals surface area contributed by atoms with E-state index in [1.54, 1.807) is 6.92 Å². The molecule has 0 saturated carbocycles. The molecule has 0 aromatic heterocycles. The van der Waals surface area contributed by atoms with Gasteiger partial charge in [-0.25, -0.2) is 0 Å². The second kappa shape index (κ2) is 6.65. The van der Waals surface area contributed by atoms with Crippen LogP contribution in [-0.4, -0.2) is 11.7 Å². The monoisotopic (exact) mass is 236 g/mol. The zero-order chi connectivity index (χ0) is 12.8. The van der Waals surface area contributed by atoms with Gasteiger partial charge in [0.05, 0.1) is 12.7 Å². The Labute approximate surface area is 105 Å². The second-order valence-corrected chi connectivity index (χ2v) is 5.29. The summed E-state index contributed by atoms with van der Waals surface area (Å²) in [6.45, 7) is 9.16. The summed E-state index contributed by atoms with van der Waals surface area (Å²) in [5.41, 5.74) is 0.902. The van der Waals surface area contributed by atoms with Crippen molar-refractivity contribution in [3.05, 3.63) is 29.8 Å². The van der Waals surface area contributed by atoms with Crippen molar-refractivity contribution in [2.45, 2.75) is 40.2 Å². The predicted octanol–water partition coefficient (Wildman–Crippen LogP) is 3.80. The first kappa shape index (κ1) is 14.0. The lowest BCUT2D eigenvalue weighted by Crippen LogP contribution is -2.11. The van der Waals surface area contributed by atoms with Crippen LogP contribution in [0.4, 0.5) is 0 Å². The van der Waals surface area contributed by atoms with E-state index < -0.39 is 6.10 Å². The Morgan fingerprint density at radius 3 is 2.47 bits per heavy atom. The quantitative estimate of drug-likeness (QED) is 0.814. The minimum atomic E-state index is -0.438. The van der Waals surface area contributed by atoms with Gasteiger partial charge in [-0.1, -0.05) is 32.9 Å². The van der Waals surface area contributed by atoms with Gasteiger partial charge in [-0.15, -0.1) is 0 Å². The van der Waals surface area contributed by atoms with Crippen LogP contribution in [-0.2, 0) is 0 Å². The molecule has 0 spiro atoms. The summed E-state index contributed by atoms with van der Waals surface area (Å²) >= 11 is 0. The summed E-state index contributed by atoms with van der Waals surface area (Å²) < 4.78 is 5.75. The van der Waals surface area contributed by atoms with Gasteiger partial charge in [0.2, 0.25) is 0 Å². The highest BCUT2D eigenvalue weighted by Crippen LogP contribution is 2.20. The number of ether oxygens (including phenoxy) is 1. The van der Waals surface area contributed by atoms with E-state index in [0.717, 1.165) is 17.9 Å². The maximum absolute atomic E-state index is 9.49. The van der Waals surface area contributed by atoms with Crippen molar-refractivity contribution in [1.29, 1.82) is 0 Å². The molecule has 1 rings (SSSR count). The number of benzene rings is 1. The van der Waals surface area contributed by atoms with Crippen LogP contribution in [0.1, 0.15) is 45.8 Å². The van der Waals surface area contributed by atoms with Gasteiger partial charge >= 0.3 is 0 Å². The molecule has 0 aliphatic carbocycles. The lowest BCUT2D eigenvalue weighted by atomic mass is 10.00. The maximum Gasteiger partial charge on any atom is 0.119 e. The van der Waals surface area contributed by atoms with Gasteiger partial charge in [-0.3, -0.25) is 0 Å². The summed E-state index contributed by atoms with van der Waals surface area (Å²) in [6.07, 6.45) is 0.738. The minimum Gasteiger partial charge on any atom is -0.493 e. The molecule has 0 heterocycles. The van der Waals surface area contributed by atoms with Crippen LogP contribution in [0.25, 0.3) is 0 Å². The molecule has 1 aromatic rings. The Balaban J connectivity index is 2.49. The van der Waals surface area contributed by atoms with Crippen LogP contribution < -0.4 is 4.74 Å². The fourth-order valence-corrected chi connectivity index (χ4v) is 1.98. The highest BCUT2D eigenvalue weighted by atomic mass is 16.5. The molecule has 2 atom stereocenters. The minimum absolute atomic E-state index is 0.438. The molecule has 0 amide bonds. The standard InChI is InChI=1S/C15H24O2/c1-11(2)8-12(3)10-17-15-7-5-6-14(9-15)13(4)16/h5-7,9,11-13,16H,8,10H2,1-4H3. The first-order valence-corrected chi connectivity index (χ1v) is 6.40. The van der Waals surface area contributed by atoms with E-state index in [9.17, 15) is 5.11 Å². The van der Waals surface area contributed by atoms with Crippen molar-refractivity contribution in [2.24, 2.45) is 11.8 Å². The predicted molar refractivity (Wildman–Crippen MR) is 71.2 cm³/mol. The van der Waals surface area contributed by atoms with Crippen molar-refractivity contribution in [1.82, 2.24) is 0 Å². The van der Waals surface area contributed by atoms with Crippen LogP contribution in [0, 0.1) is 11.8 Å². The molecule has 0 aliphatic heterocycles. The Kier molecular flexibility index (Phi) is 5.49. The lowest BCUT2D eigenvalue weighted by Gasteiger charge is -2.15. The van der Waals surface area contributed by atoms with Crippen LogP contribution >= 0.6 is 0 Å². The van der Waals surface area contributed by atoms with Gasteiger partial charge in [0, 0.05) is 0 Å². The average molecular weight is 236 g/mol. The number of aliphatic hydroxyl groups excluding tert-OH is 1. The van der Waals surface area contributed by atoms with E-state index in [2.05, 4.69) is 20.8 Å². The van der Waals surface area contributed by atoms with Crippen molar-refractivity contribution in [3.8, 4) is 5.75 Å². The maximum atomic E-state index is 9.49. The molecule has 0 bridgehead atoms. The molecule has 1 aromatic carbocycles. The van der Waals surface area contributed by atoms with Gasteiger partial charge in [0.15, 0.2) is 0 Å².